The second-order valence-corrected chi connectivity index (χ2v) is 3.27. The van der Waals surface area contributed by atoms with Gasteiger partial charge in [0.25, 0.3) is 0 Å². The van der Waals surface area contributed by atoms with E-state index in [2.05, 4.69) is 10.6 Å². The molecule has 2 N–H and O–H groups in total. The zero-order valence-corrected chi connectivity index (χ0v) is 9.13. The van der Waals surface area contributed by atoms with Crippen molar-refractivity contribution >= 4 is 29.1 Å². The Morgan fingerprint density at radius 1 is 1.38 bits per heavy atom. The van der Waals surface area contributed by atoms with Crippen molar-refractivity contribution in [3.8, 4) is 6.07 Å². The van der Waals surface area contributed by atoms with Crippen molar-refractivity contribution in [3.05, 3.63) is 28.8 Å². The summed E-state index contributed by atoms with van der Waals surface area (Å²) in [5.74, 6) is -1.63. The lowest BCUT2D eigenvalue weighted by Gasteiger charge is -2.06. The molecule has 0 heterocycles. The maximum absolute atomic E-state index is 11.2. The summed E-state index contributed by atoms with van der Waals surface area (Å²) in [6.45, 7) is 0. The van der Waals surface area contributed by atoms with E-state index in [0.717, 1.165) is 0 Å². The molecule has 16 heavy (non-hydrogen) atoms. The van der Waals surface area contributed by atoms with Crippen molar-refractivity contribution in [2.75, 3.05) is 12.4 Å². The lowest BCUT2D eigenvalue weighted by Crippen LogP contribution is -2.32. The average molecular weight is 238 g/mol. The van der Waals surface area contributed by atoms with Gasteiger partial charge in [-0.15, -0.1) is 0 Å². The number of nitriles is 1. The van der Waals surface area contributed by atoms with Crippen LogP contribution in [0.1, 0.15) is 5.56 Å². The van der Waals surface area contributed by atoms with Crippen LogP contribution in [-0.2, 0) is 9.59 Å². The largest absolute Gasteiger partial charge is 0.351 e. The van der Waals surface area contributed by atoms with Gasteiger partial charge in [0.15, 0.2) is 0 Å². The molecule has 6 heteroatoms. The van der Waals surface area contributed by atoms with E-state index < -0.39 is 11.8 Å². The summed E-state index contributed by atoms with van der Waals surface area (Å²) in [6, 6.07) is 6.27. The van der Waals surface area contributed by atoms with E-state index in [1.165, 1.54) is 25.2 Å². The minimum Gasteiger partial charge on any atom is -0.351 e. The molecule has 0 fully saturated rings. The predicted octanol–water partition coefficient (Wildman–Crippen LogP) is 0.896. The number of anilines is 1. The minimum atomic E-state index is -0.846. The van der Waals surface area contributed by atoms with Crippen LogP contribution in [0.25, 0.3) is 0 Å². The highest BCUT2D eigenvalue weighted by molar-refractivity contribution is 6.40. The van der Waals surface area contributed by atoms with E-state index in [1.807, 2.05) is 6.07 Å². The third kappa shape index (κ3) is 2.72. The van der Waals surface area contributed by atoms with E-state index in [-0.39, 0.29) is 11.3 Å². The van der Waals surface area contributed by atoms with Crippen molar-refractivity contribution in [3.63, 3.8) is 0 Å². The first-order valence-electron chi connectivity index (χ1n) is 4.31. The molecule has 0 spiro atoms. The van der Waals surface area contributed by atoms with Crippen LogP contribution in [0.5, 0.6) is 0 Å². The molecule has 82 valence electrons. The smallest absolute Gasteiger partial charge is 0.313 e. The highest BCUT2D eigenvalue weighted by atomic mass is 35.5. The normalized spacial score (nSPS) is 9.06. The van der Waals surface area contributed by atoms with Gasteiger partial charge in [0.1, 0.15) is 6.07 Å². The third-order valence-electron chi connectivity index (χ3n) is 1.78. The highest BCUT2D eigenvalue weighted by Crippen LogP contribution is 2.20. The Morgan fingerprint density at radius 2 is 2.06 bits per heavy atom. The number of amides is 2. The van der Waals surface area contributed by atoms with Crippen LogP contribution in [0, 0.1) is 11.3 Å². The third-order valence-corrected chi connectivity index (χ3v) is 2.02. The molecule has 0 aliphatic carbocycles. The average Bonchev–Trinajstić information content (AvgIpc) is 2.28. The van der Waals surface area contributed by atoms with Gasteiger partial charge in [0.05, 0.1) is 11.3 Å². The number of hydrogen-bond donors (Lipinski definition) is 2. The molecular formula is C10H8ClN3O2. The molecule has 0 saturated carbocycles. The molecule has 0 radical (unpaired) electrons. The standard InChI is InChI=1S/C10H8ClN3O2/c1-13-9(15)10(16)14-8-4-7(11)3-2-6(8)5-12/h2-4H,1H3,(H,13,15)(H,14,16). The van der Waals surface area contributed by atoms with E-state index in [4.69, 9.17) is 16.9 Å². The highest BCUT2D eigenvalue weighted by Gasteiger charge is 2.13. The number of carbonyl (C=O) groups is 2. The summed E-state index contributed by atoms with van der Waals surface area (Å²) in [5.41, 5.74) is 0.449. The van der Waals surface area contributed by atoms with Crippen LogP contribution in [0.3, 0.4) is 0 Å². The quantitative estimate of drug-likeness (QED) is 0.712. The Morgan fingerprint density at radius 3 is 2.62 bits per heavy atom. The molecule has 0 bridgehead atoms. The van der Waals surface area contributed by atoms with Gasteiger partial charge in [0, 0.05) is 12.1 Å². The van der Waals surface area contributed by atoms with Crippen molar-refractivity contribution in [2.45, 2.75) is 0 Å². The van der Waals surface area contributed by atoms with Crippen LogP contribution in [-0.4, -0.2) is 18.9 Å². The number of nitrogens with one attached hydrogen (secondary N) is 2. The number of rotatable bonds is 1. The zero-order valence-electron chi connectivity index (χ0n) is 8.37. The second-order valence-electron chi connectivity index (χ2n) is 2.83. The number of likely N-dealkylation sites (N-methyl/N-ethyl adjacent to an activating group) is 1. The molecule has 0 aliphatic rings. The summed E-state index contributed by atoms with van der Waals surface area (Å²) in [7, 11) is 1.34. The Bertz CT molecular complexity index is 479. The Balaban J connectivity index is 2.97. The van der Waals surface area contributed by atoms with Gasteiger partial charge in [-0.1, -0.05) is 11.6 Å². The van der Waals surface area contributed by atoms with E-state index >= 15 is 0 Å². The summed E-state index contributed by atoms with van der Waals surface area (Å²) in [4.78, 5) is 22.2. The molecule has 0 unspecified atom stereocenters. The number of benzene rings is 1. The first kappa shape index (κ1) is 12.0. The number of halogens is 1. The van der Waals surface area contributed by atoms with Gasteiger partial charge in [-0.25, -0.2) is 0 Å². The molecule has 0 atom stereocenters. The first-order valence-corrected chi connectivity index (χ1v) is 4.69. The summed E-state index contributed by atoms with van der Waals surface area (Å²) in [6.07, 6.45) is 0. The molecule has 1 aromatic rings. The maximum atomic E-state index is 11.2. The van der Waals surface area contributed by atoms with Crippen molar-refractivity contribution in [2.24, 2.45) is 0 Å². The fraction of sp³-hybridized carbons (Fsp3) is 0.100. The lowest BCUT2D eigenvalue weighted by atomic mass is 10.2. The van der Waals surface area contributed by atoms with Crippen molar-refractivity contribution in [1.29, 1.82) is 5.26 Å². The monoisotopic (exact) mass is 237 g/mol. The molecule has 0 aromatic heterocycles. The van der Waals surface area contributed by atoms with Gasteiger partial charge >= 0.3 is 11.8 Å². The first-order chi connectivity index (χ1) is 7.58. The fourth-order valence-electron chi connectivity index (χ4n) is 1.01. The zero-order chi connectivity index (χ0) is 12.1. The molecule has 0 saturated heterocycles. The van der Waals surface area contributed by atoms with Gasteiger partial charge in [0.2, 0.25) is 0 Å². The summed E-state index contributed by atoms with van der Waals surface area (Å²) < 4.78 is 0. The molecule has 1 aromatic carbocycles. The second kappa shape index (κ2) is 5.14. The number of carbonyl (C=O) groups excluding carboxylic acids is 2. The fourth-order valence-corrected chi connectivity index (χ4v) is 1.18. The Labute approximate surface area is 97.0 Å². The Hall–Kier alpha value is -2.06. The van der Waals surface area contributed by atoms with Crippen LogP contribution >= 0.6 is 11.6 Å². The van der Waals surface area contributed by atoms with Crippen molar-refractivity contribution < 1.29 is 9.59 Å². The molecule has 0 aliphatic heterocycles. The van der Waals surface area contributed by atoms with Crippen LogP contribution < -0.4 is 10.6 Å². The van der Waals surface area contributed by atoms with Gasteiger partial charge in [-0.2, -0.15) is 5.26 Å². The van der Waals surface area contributed by atoms with E-state index in [9.17, 15) is 9.59 Å². The van der Waals surface area contributed by atoms with Crippen molar-refractivity contribution in [1.82, 2.24) is 5.32 Å². The molecule has 1 rings (SSSR count). The number of hydrogen-bond acceptors (Lipinski definition) is 3. The topological polar surface area (TPSA) is 82.0 Å². The van der Waals surface area contributed by atoms with Crippen LogP contribution in [0.2, 0.25) is 5.02 Å². The molecule has 2 amide bonds. The maximum Gasteiger partial charge on any atom is 0.313 e. The Kier molecular flexibility index (Phi) is 3.86. The summed E-state index contributed by atoms with van der Waals surface area (Å²) in [5, 5.41) is 13.6. The number of nitrogens with zero attached hydrogens (tertiary/aromatic N) is 1. The predicted molar refractivity (Wildman–Crippen MR) is 58.9 cm³/mol. The van der Waals surface area contributed by atoms with Crippen LogP contribution in [0.4, 0.5) is 5.69 Å². The lowest BCUT2D eigenvalue weighted by molar-refractivity contribution is -0.135. The molecule has 5 nitrogen and oxygen atoms in total. The van der Waals surface area contributed by atoms with Gasteiger partial charge < -0.3 is 10.6 Å². The van der Waals surface area contributed by atoms with Gasteiger partial charge in [-0.05, 0) is 18.2 Å². The van der Waals surface area contributed by atoms with E-state index in [0.29, 0.717) is 5.02 Å². The van der Waals surface area contributed by atoms with Crippen LogP contribution in [0.15, 0.2) is 18.2 Å². The minimum absolute atomic E-state index is 0.212. The van der Waals surface area contributed by atoms with E-state index in [1.54, 1.807) is 0 Å². The van der Waals surface area contributed by atoms with Gasteiger partial charge in [-0.3, -0.25) is 9.59 Å². The summed E-state index contributed by atoms with van der Waals surface area (Å²) >= 11 is 5.71. The molecular weight excluding hydrogens is 230 g/mol. The SMILES string of the molecule is CNC(=O)C(=O)Nc1cc(Cl)ccc1C#N.